The maximum Gasteiger partial charge on any atom is 0.320 e. The van der Waals surface area contributed by atoms with Crippen LogP contribution in [-0.4, -0.2) is 299 Å². The summed E-state index contributed by atoms with van der Waals surface area (Å²) in [5.74, 6) is -13.9. The van der Waals surface area contributed by atoms with Crippen molar-refractivity contribution in [3.8, 4) is 0 Å². The Kier molecular flexibility index (Phi) is 34.3. The van der Waals surface area contributed by atoms with E-state index in [-0.39, 0.29) is 77.3 Å². The van der Waals surface area contributed by atoms with Gasteiger partial charge in [-0.2, -0.15) is 11.8 Å². The Balaban J connectivity index is 1.26. The molecular formula is C65H99N17O21S. The van der Waals surface area contributed by atoms with Crippen molar-refractivity contribution >= 4 is 106 Å². The number of para-hydroxylation sites is 1. The fraction of sp³-hybridized carbons (Fsp3) is 0.615. The fourth-order valence-electron chi connectivity index (χ4n) is 11.7. The van der Waals surface area contributed by atoms with Gasteiger partial charge in [-0.1, -0.05) is 45.9 Å². The average molecular weight is 1490 g/mol. The molecule has 39 heteroatoms. The van der Waals surface area contributed by atoms with Crippen LogP contribution < -0.4 is 59.3 Å². The summed E-state index contributed by atoms with van der Waals surface area (Å²) in [4.78, 5) is 200. The lowest BCUT2D eigenvalue weighted by atomic mass is 9.94. The largest absolute Gasteiger partial charge is 0.480 e. The molecule has 38 nitrogen and oxygen atoms in total. The quantitative estimate of drug-likeness (QED) is 0.0251. The highest BCUT2D eigenvalue weighted by Crippen LogP contribution is 2.24. The zero-order chi connectivity index (χ0) is 77.1. The normalized spacial score (nSPS) is 19.9. The second kappa shape index (κ2) is 41.8. The molecule has 2 saturated heterocycles. The van der Waals surface area contributed by atoms with Crippen LogP contribution in [0.5, 0.6) is 0 Å². The van der Waals surface area contributed by atoms with E-state index >= 15 is 0 Å². The smallest absolute Gasteiger partial charge is 0.320 e. The predicted octanol–water partition coefficient (Wildman–Crippen LogP) is -6.30. The SMILES string of the molecule is CSCC[C@H](NC(=O)[C@H](CC(C)C)NC(=O)[C@H](Cc1c[nH]cn1)NC(=O)CNC(=O)[C@@H](NC(=O)[C@H](C)NC(=O)[C@H](Cc1c[nH]c2ccccc12)NC(=O)[C@H](CCC(N)=O)NC(=O)C1OC(CNC(=O)CCC(C(=O)O)N2CCN(CC(=O)O)CCN(CC(=O)O)CC2)C(O)C(O)C1O)C(C)C)C(N)=O. The van der Waals surface area contributed by atoms with E-state index in [0.29, 0.717) is 27.9 Å². The molecule has 21 N–H and O–H groups in total. The fourth-order valence-corrected chi connectivity index (χ4v) is 12.1. The molecule has 2 fully saturated rings. The molecule has 576 valence electrons. The number of fused-ring (bicyclic) bond motifs is 1. The van der Waals surface area contributed by atoms with Gasteiger partial charge in [0, 0.05) is 94.8 Å². The summed E-state index contributed by atoms with van der Waals surface area (Å²) < 4.78 is 5.74. The standard InChI is InChI=1S/C65H99N17O21S/c1-33(2)23-42(61(97)75-40(57(67)93)15-22-104-6)77-62(98)44(25-37-27-68-32-72-37)74-49(85)29-71-63(99)52(34(3)4)79-58(94)35(5)73-60(96)43(24-36-26-69-39-10-8-7-9-38(36)39)78-59(95)41(11-13-47(66)83)76-64(100)56-55(92)54(91)53(90)46(103-56)28-70-48(84)14-12-45(65(101)102)82-20-18-80(30-50(86)87)16-17-81(19-21-82)31-51(88)89/h7-10,26-27,32-35,40-46,52-56,69,90-92H,11-25,28-31H2,1-6H3,(H2,66,83)(H2,67,93)(H,68,72)(H,70,84)(H,71,99)(H,73,96)(H,74,85)(H,75,97)(H,76,100)(H,77,98)(H,78,95)(H,79,94)(H,86,87)(H,88,89)(H,101,102)/t35-,40-,41-,42-,43-,44-,45?,46?,52-,53?,54?,55?,56?/m0/s1. The van der Waals surface area contributed by atoms with Gasteiger partial charge < -0.3 is 105 Å². The highest BCUT2D eigenvalue weighted by molar-refractivity contribution is 7.98. The molecule has 0 aliphatic carbocycles. The van der Waals surface area contributed by atoms with Crippen LogP contribution in [0.15, 0.2) is 43.0 Å². The number of imidazole rings is 1. The van der Waals surface area contributed by atoms with Crippen molar-refractivity contribution < 1.29 is 102 Å². The zero-order valence-electron chi connectivity index (χ0n) is 58.8. The first kappa shape index (κ1) is 85.3. The summed E-state index contributed by atoms with van der Waals surface area (Å²) in [6.07, 6.45) is -5.70. The number of hydrogen-bond acceptors (Lipinski definition) is 23. The first-order valence-electron chi connectivity index (χ1n) is 34.0. The number of nitrogens with one attached hydrogen (secondary N) is 11. The molecule has 6 unspecified atom stereocenters. The molecule has 5 rings (SSSR count). The molecule has 13 atom stereocenters. The van der Waals surface area contributed by atoms with E-state index in [1.54, 1.807) is 44.3 Å². The van der Waals surface area contributed by atoms with E-state index in [1.807, 2.05) is 20.1 Å². The summed E-state index contributed by atoms with van der Waals surface area (Å²) in [7, 11) is 0. The summed E-state index contributed by atoms with van der Waals surface area (Å²) >= 11 is 1.44. The van der Waals surface area contributed by atoms with Crippen LogP contribution >= 0.6 is 11.8 Å². The van der Waals surface area contributed by atoms with Crippen LogP contribution in [0.1, 0.15) is 84.4 Å². The number of carboxylic acids is 3. The maximum absolute atomic E-state index is 14.5. The Morgan fingerprint density at radius 2 is 1.22 bits per heavy atom. The molecule has 2 aliphatic heterocycles. The molecule has 0 radical (unpaired) electrons. The van der Waals surface area contributed by atoms with Crippen molar-refractivity contribution in [3.05, 3.63) is 54.2 Å². The summed E-state index contributed by atoms with van der Waals surface area (Å²) in [6, 6.07) is -4.11. The lowest BCUT2D eigenvalue weighted by molar-refractivity contribution is -0.219. The van der Waals surface area contributed by atoms with Gasteiger partial charge in [0.15, 0.2) is 6.10 Å². The van der Waals surface area contributed by atoms with Crippen LogP contribution in [0.25, 0.3) is 10.9 Å². The van der Waals surface area contributed by atoms with Crippen LogP contribution in [0.3, 0.4) is 0 Å². The van der Waals surface area contributed by atoms with Gasteiger partial charge in [-0.15, -0.1) is 0 Å². The molecule has 0 saturated carbocycles. The zero-order valence-corrected chi connectivity index (χ0v) is 59.6. The number of ether oxygens (including phenoxy) is 1. The van der Waals surface area contributed by atoms with E-state index in [2.05, 4.69) is 62.8 Å². The third-order valence-electron chi connectivity index (χ3n) is 17.4. The van der Waals surface area contributed by atoms with Gasteiger partial charge in [-0.05, 0) is 68.1 Å². The third-order valence-corrected chi connectivity index (χ3v) is 18.0. The lowest BCUT2D eigenvalue weighted by Gasteiger charge is -2.40. The Bertz CT molecular complexity index is 3430. The van der Waals surface area contributed by atoms with Crippen LogP contribution in [0, 0.1) is 11.8 Å². The molecule has 3 aromatic rings. The number of aliphatic hydroxyl groups is 3. The molecule has 0 spiro atoms. The van der Waals surface area contributed by atoms with Crippen molar-refractivity contribution in [1.82, 2.24) is 77.5 Å². The highest BCUT2D eigenvalue weighted by Gasteiger charge is 2.48. The van der Waals surface area contributed by atoms with Crippen LogP contribution in [-0.2, 0) is 84.7 Å². The summed E-state index contributed by atoms with van der Waals surface area (Å²) in [5, 5.41) is 85.7. The number of nitrogens with two attached hydrogens (primary N) is 2. The highest BCUT2D eigenvalue weighted by atomic mass is 32.2. The van der Waals surface area contributed by atoms with Crippen molar-refractivity contribution in [2.24, 2.45) is 23.3 Å². The van der Waals surface area contributed by atoms with Crippen molar-refractivity contribution in [1.29, 1.82) is 0 Å². The number of carboxylic acid groups (broad SMARTS) is 3. The number of benzene rings is 1. The summed E-state index contributed by atoms with van der Waals surface area (Å²) in [5.41, 5.74) is 12.5. The number of carbonyl (C=O) groups excluding carboxylic acids is 11. The van der Waals surface area contributed by atoms with Gasteiger partial charge in [-0.3, -0.25) is 81.8 Å². The number of aromatic amines is 2. The Labute approximate surface area is 603 Å². The number of amides is 11. The van der Waals surface area contributed by atoms with E-state index < -0.39 is 213 Å². The lowest BCUT2D eigenvalue weighted by Crippen LogP contribution is -2.65. The van der Waals surface area contributed by atoms with E-state index in [0.717, 1.165) is 0 Å². The number of aromatic nitrogens is 3. The monoisotopic (exact) mass is 1490 g/mol. The first-order valence-corrected chi connectivity index (χ1v) is 35.4. The minimum absolute atomic E-state index is 0.0440. The Hall–Kier alpha value is -9.38. The number of primary amides is 2. The van der Waals surface area contributed by atoms with E-state index in [9.17, 15) is 97.8 Å². The number of thioether (sulfide) groups is 1. The summed E-state index contributed by atoms with van der Waals surface area (Å²) in [6.45, 7) is 6.57. The molecule has 11 amide bonds. The molecule has 1 aromatic carbocycles. The van der Waals surface area contributed by atoms with Crippen LogP contribution in [0.4, 0.5) is 0 Å². The van der Waals surface area contributed by atoms with E-state index in [4.69, 9.17) is 16.2 Å². The second-order valence-electron chi connectivity index (χ2n) is 26.3. The molecule has 104 heavy (non-hydrogen) atoms. The van der Waals surface area contributed by atoms with Crippen molar-refractivity contribution in [2.45, 2.75) is 165 Å². The number of hydrogen-bond donors (Lipinski definition) is 19. The average Bonchev–Trinajstić information content (AvgIpc) is 1.72. The van der Waals surface area contributed by atoms with Crippen molar-refractivity contribution in [2.75, 3.05) is 77.5 Å². The first-order chi connectivity index (χ1) is 49.1. The number of nitrogens with zero attached hydrogens (tertiary/aromatic N) is 4. The second-order valence-corrected chi connectivity index (χ2v) is 27.3. The number of aliphatic carboxylic acids is 3. The number of rotatable bonds is 41. The maximum atomic E-state index is 14.5. The Morgan fingerprint density at radius 1 is 0.625 bits per heavy atom. The van der Waals surface area contributed by atoms with Gasteiger partial charge in [0.25, 0.3) is 5.91 Å². The molecule has 2 aromatic heterocycles. The minimum atomic E-state index is -2.18. The predicted molar refractivity (Wildman–Crippen MR) is 371 cm³/mol. The van der Waals surface area contributed by atoms with Gasteiger partial charge in [0.05, 0.1) is 31.7 Å². The Morgan fingerprint density at radius 3 is 1.81 bits per heavy atom. The van der Waals surface area contributed by atoms with Crippen LogP contribution in [0.2, 0.25) is 0 Å². The number of carbonyl (C=O) groups is 14. The molecule has 0 bridgehead atoms. The molecule has 2 aliphatic rings. The number of aliphatic hydroxyl groups excluding tert-OH is 3. The van der Waals surface area contributed by atoms with E-state index in [1.165, 1.54) is 45.9 Å². The van der Waals surface area contributed by atoms with Gasteiger partial charge in [0.1, 0.15) is 72.8 Å². The molecule has 4 heterocycles. The molecular weight excluding hydrogens is 1390 g/mol. The topological polar surface area (TPSA) is 584 Å². The number of H-pyrrole nitrogens is 2. The van der Waals surface area contributed by atoms with Gasteiger partial charge in [0.2, 0.25) is 59.1 Å². The third kappa shape index (κ3) is 27.3. The van der Waals surface area contributed by atoms with Crippen molar-refractivity contribution in [3.63, 3.8) is 0 Å². The van der Waals surface area contributed by atoms with Gasteiger partial charge in [-0.25, -0.2) is 4.98 Å². The minimum Gasteiger partial charge on any atom is -0.480 e. The van der Waals surface area contributed by atoms with Gasteiger partial charge >= 0.3 is 17.9 Å².